The quantitative estimate of drug-likeness (QED) is 0.488. The molecule has 0 unspecified atom stereocenters. The van der Waals surface area contributed by atoms with Gasteiger partial charge < -0.3 is 5.32 Å². The molecular formula is C19H17ClN4O4S2. The van der Waals surface area contributed by atoms with Gasteiger partial charge in [0.25, 0.3) is 10.0 Å². The van der Waals surface area contributed by atoms with Crippen LogP contribution in [0.4, 0.5) is 21.0 Å². The molecule has 0 radical (unpaired) electrons. The van der Waals surface area contributed by atoms with Gasteiger partial charge in [0.1, 0.15) is 4.21 Å². The van der Waals surface area contributed by atoms with Crippen molar-refractivity contribution < 1.29 is 18.0 Å². The molecule has 11 heteroatoms. The van der Waals surface area contributed by atoms with Gasteiger partial charge in [-0.05, 0) is 42.8 Å². The number of para-hydroxylation sites is 2. The van der Waals surface area contributed by atoms with Gasteiger partial charge in [0.05, 0.1) is 10.0 Å². The van der Waals surface area contributed by atoms with Crippen LogP contribution in [0.25, 0.3) is 0 Å². The summed E-state index contributed by atoms with van der Waals surface area (Å²) in [4.78, 5) is 28.5. The van der Waals surface area contributed by atoms with E-state index in [0.717, 1.165) is 16.2 Å². The highest BCUT2D eigenvalue weighted by molar-refractivity contribution is 7.91. The number of imide groups is 1. The van der Waals surface area contributed by atoms with Gasteiger partial charge in [0, 0.05) is 5.69 Å². The third-order valence-electron chi connectivity index (χ3n) is 3.89. The number of sulfonamides is 1. The molecule has 156 valence electrons. The summed E-state index contributed by atoms with van der Waals surface area (Å²) in [7, 11) is -4.05. The molecule has 4 amide bonds. The van der Waals surface area contributed by atoms with Crippen LogP contribution in [0.5, 0.6) is 0 Å². The fraction of sp³-hybridized carbons (Fsp3) is 0.0526. The fourth-order valence-corrected chi connectivity index (χ4v) is 4.80. The van der Waals surface area contributed by atoms with Gasteiger partial charge in [-0.25, -0.2) is 22.9 Å². The number of hydrogen-bond donors (Lipinski definition) is 3. The highest BCUT2D eigenvalue weighted by Crippen LogP contribution is 2.25. The van der Waals surface area contributed by atoms with Gasteiger partial charge in [-0.3, -0.25) is 5.43 Å². The lowest BCUT2D eigenvalue weighted by Gasteiger charge is -2.23. The van der Waals surface area contributed by atoms with Crippen LogP contribution in [0.2, 0.25) is 4.34 Å². The fourth-order valence-electron chi connectivity index (χ4n) is 2.49. The molecule has 0 bridgehead atoms. The van der Waals surface area contributed by atoms with E-state index in [-0.39, 0.29) is 8.55 Å². The first kappa shape index (κ1) is 21.8. The monoisotopic (exact) mass is 464 g/mol. The smallest absolute Gasteiger partial charge is 0.307 e. The van der Waals surface area contributed by atoms with Gasteiger partial charge >= 0.3 is 12.1 Å². The van der Waals surface area contributed by atoms with Gasteiger partial charge in [-0.1, -0.05) is 48.0 Å². The molecule has 0 saturated carbocycles. The van der Waals surface area contributed by atoms with Crippen molar-refractivity contribution in [1.29, 1.82) is 0 Å². The molecule has 0 aliphatic heterocycles. The first-order valence-electron chi connectivity index (χ1n) is 8.57. The highest BCUT2D eigenvalue weighted by Gasteiger charge is 2.27. The van der Waals surface area contributed by atoms with Gasteiger partial charge in [-0.15, -0.1) is 16.2 Å². The number of benzene rings is 2. The van der Waals surface area contributed by atoms with E-state index in [1.165, 1.54) is 12.1 Å². The Labute approximate surface area is 182 Å². The van der Waals surface area contributed by atoms with Crippen molar-refractivity contribution in [3.8, 4) is 0 Å². The van der Waals surface area contributed by atoms with E-state index in [1.54, 1.807) is 61.5 Å². The molecule has 0 fully saturated rings. The van der Waals surface area contributed by atoms with Crippen molar-refractivity contribution in [2.45, 2.75) is 11.1 Å². The lowest BCUT2D eigenvalue weighted by Crippen LogP contribution is -2.52. The zero-order chi connectivity index (χ0) is 21.7. The van der Waals surface area contributed by atoms with E-state index in [9.17, 15) is 18.0 Å². The molecule has 0 aliphatic carbocycles. The molecule has 3 aromatic rings. The lowest BCUT2D eigenvalue weighted by molar-refractivity contribution is 0.238. The number of hydrazine groups is 1. The summed E-state index contributed by atoms with van der Waals surface area (Å²) >= 11 is 6.61. The van der Waals surface area contributed by atoms with Crippen molar-refractivity contribution in [1.82, 2.24) is 10.3 Å². The molecule has 8 nitrogen and oxygen atoms in total. The number of aryl methyl sites for hydroxylation is 1. The van der Waals surface area contributed by atoms with Crippen LogP contribution in [-0.2, 0) is 10.0 Å². The number of carbonyl (C=O) groups is 2. The Morgan fingerprint density at radius 3 is 2.23 bits per heavy atom. The van der Waals surface area contributed by atoms with Crippen molar-refractivity contribution in [2.75, 3.05) is 10.2 Å². The number of nitrogens with one attached hydrogen (secondary N) is 3. The number of urea groups is 2. The predicted molar refractivity (Wildman–Crippen MR) is 117 cm³/mol. The number of carbonyl (C=O) groups excluding carboxylic acids is 2. The largest absolute Gasteiger partial charge is 0.345 e. The summed E-state index contributed by atoms with van der Waals surface area (Å²) in [5.74, 6) is 0. The second kappa shape index (κ2) is 9.26. The highest BCUT2D eigenvalue weighted by atomic mass is 35.5. The summed E-state index contributed by atoms with van der Waals surface area (Å²) < 4.78 is 24.9. The zero-order valence-corrected chi connectivity index (χ0v) is 18.0. The molecular weight excluding hydrogens is 448 g/mol. The zero-order valence-electron chi connectivity index (χ0n) is 15.6. The van der Waals surface area contributed by atoms with Crippen molar-refractivity contribution in [3.63, 3.8) is 0 Å². The van der Waals surface area contributed by atoms with E-state index < -0.39 is 22.1 Å². The number of amides is 4. The Hall–Kier alpha value is -2.92. The lowest BCUT2D eigenvalue weighted by atomic mass is 10.2. The number of nitrogens with zero attached hydrogens (tertiary/aromatic N) is 1. The summed E-state index contributed by atoms with van der Waals surface area (Å²) in [5.41, 5.74) is 3.49. The van der Waals surface area contributed by atoms with E-state index in [4.69, 9.17) is 11.6 Å². The minimum atomic E-state index is -4.05. The molecule has 0 atom stereocenters. The molecule has 1 heterocycles. The molecule has 0 aliphatic rings. The van der Waals surface area contributed by atoms with Crippen LogP contribution in [0, 0.1) is 6.92 Å². The number of halogens is 1. The Balaban J connectivity index is 1.83. The SMILES string of the molecule is Cc1ccccc1N(C(=O)NNS(=O)(=O)c1ccc(Cl)s1)C(=O)Nc1ccccc1. The van der Waals surface area contributed by atoms with Crippen LogP contribution >= 0.6 is 22.9 Å². The Kier molecular flexibility index (Phi) is 6.73. The van der Waals surface area contributed by atoms with Gasteiger partial charge in [-0.2, -0.15) is 0 Å². The predicted octanol–water partition coefficient (Wildman–Crippen LogP) is 4.35. The number of rotatable bonds is 5. The third kappa shape index (κ3) is 5.16. The second-order valence-corrected chi connectivity index (χ2v) is 9.64. The Morgan fingerprint density at radius 1 is 0.933 bits per heavy atom. The van der Waals surface area contributed by atoms with E-state index >= 15 is 0 Å². The standard InChI is InChI=1S/C19H17ClN4O4S2/c1-13-7-5-6-10-15(13)24(18(25)21-14-8-3-2-4-9-14)19(26)22-23-30(27,28)17-12-11-16(20)29-17/h2-12,23H,1H3,(H,21,25)(H,22,26). The second-order valence-electron chi connectivity index (χ2n) is 6.01. The minimum absolute atomic E-state index is 0.0796. The first-order valence-corrected chi connectivity index (χ1v) is 11.2. The summed E-state index contributed by atoms with van der Waals surface area (Å²) in [6, 6.07) is 16.3. The summed E-state index contributed by atoms with van der Waals surface area (Å²) in [6.45, 7) is 1.73. The van der Waals surface area contributed by atoms with Crippen LogP contribution < -0.4 is 20.5 Å². The van der Waals surface area contributed by atoms with Crippen LogP contribution in [0.15, 0.2) is 70.9 Å². The third-order valence-corrected chi connectivity index (χ3v) is 6.86. The normalized spacial score (nSPS) is 11.0. The van der Waals surface area contributed by atoms with Crippen molar-refractivity contribution in [2.24, 2.45) is 0 Å². The van der Waals surface area contributed by atoms with Crippen LogP contribution in [0.3, 0.4) is 0 Å². The van der Waals surface area contributed by atoms with Gasteiger partial charge in [0.2, 0.25) is 0 Å². The molecule has 30 heavy (non-hydrogen) atoms. The molecule has 3 N–H and O–H groups in total. The molecule has 2 aromatic carbocycles. The van der Waals surface area contributed by atoms with Crippen LogP contribution in [0.1, 0.15) is 5.56 Å². The number of thiophene rings is 1. The van der Waals surface area contributed by atoms with Crippen LogP contribution in [-0.4, -0.2) is 20.5 Å². The number of hydrogen-bond acceptors (Lipinski definition) is 5. The molecule has 0 spiro atoms. The first-order chi connectivity index (χ1) is 14.3. The average Bonchev–Trinajstić information content (AvgIpc) is 3.16. The summed E-state index contributed by atoms with van der Waals surface area (Å²) in [5, 5.41) is 2.61. The van der Waals surface area contributed by atoms with Crippen molar-refractivity contribution in [3.05, 3.63) is 76.6 Å². The molecule has 1 aromatic heterocycles. The minimum Gasteiger partial charge on any atom is -0.307 e. The average molecular weight is 465 g/mol. The van der Waals surface area contributed by atoms with Gasteiger partial charge in [0.15, 0.2) is 0 Å². The molecule has 3 rings (SSSR count). The Bertz CT molecular complexity index is 1170. The molecule has 0 saturated heterocycles. The van der Waals surface area contributed by atoms with E-state index in [0.29, 0.717) is 16.9 Å². The maximum atomic E-state index is 12.9. The maximum Gasteiger partial charge on any atom is 0.345 e. The van der Waals surface area contributed by atoms with E-state index in [1.807, 2.05) is 4.83 Å². The van der Waals surface area contributed by atoms with E-state index in [2.05, 4.69) is 10.7 Å². The number of anilines is 2. The van der Waals surface area contributed by atoms with Crippen molar-refractivity contribution >= 4 is 56.4 Å². The topological polar surface area (TPSA) is 108 Å². The maximum absolute atomic E-state index is 12.9. The summed E-state index contributed by atoms with van der Waals surface area (Å²) in [6.07, 6.45) is 0. The Morgan fingerprint density at radius 2 is 1.60 bits per heavy atom.